The predicted octanol–water partition coefficient (Wildman–Crippen LogP) is 4.36. The number of nitrogens with one attached hydrogen (secondary N) is 1. The van der Waals surface area contributed by atoms with E-state index < -0.39 is 0 Å². The van der Waals surface area contributed by atoms with E-state index in [0.29, 0.717) is 5.75 Å². The van der Waals surface area contributed by atoms with E-state index in [1.807, 2.05) is 6.92 Å². The summed E-state index contributed by atoms with van der Waals surface area (Å²) in [5.74, 6) is 0.0302. The van der Waals surface area contributed by atoms with Crippen molar-refractivity contribution in [1.82, 2.24) is 5.32 Å². The van der Waals surface area contributed by atoms with Crippen LogP contribution >= 0.6 is 11.8 Å². The van der Waals surface area contributed by atoms with Gasteiger partial charge in [0, 0.05) is 4.90 Å². The van der Waals surface area contributed by atoms with Crippen molar-refractivity contribution < 1.29 is 9.18 Å². The van der Waals surface area contributed by atoms with E-state index in [1.54, 1.807) is 12.1 Å². The van der Waals surface area contributed by atoms with E-state index in [-0.39, 0.29) is 17.8 Å². The molecule has 0 spiro atoms. The lowest BCUT2D eigenvalue weighted by atomic mass is 10.1. The van der Waals surface area contributed by atoms with E-state index in [0.717, 1.165) is 16.9 Å². The van der Waals surface area contributed by atoms with Crippen LogP contribution in [-0.2, 0) is 11.2 Å². The van der Waals surface area contributed by atoms with E-state index in [2.05, 4.69) is 36.5 Å². The first kappa shape index (κ1) is 16.6. The summed E-state index contributed by atoms with van der Waals surface area (Å²) < 4.78 is 12.8. The molecule has 0 aliphatic heterocycles. The van der Waals surface area contributed by atoms with Crippen LogP contribution in [0.15, 0.2) is 53.4 Å². The molecule has 0 saturated heterocycles. The maximum absolute atomic E-state index is 12.8. The molecule has 1 unspecified atom stereocenters. The molecule has 1 amide bonds. The van der Waals surface area contributed by atoms with Gasteiger partial charge in [-0.2, -0.15) is 0 Å². The number of hydrogen-bond donors (Lipinski definition) is 1. The molecule has 0 aromatic heterocycles. The summed E-state index contributed by atoms with van der Waals surface area (Å²) in [5.41, 5.74) is 2.38. The number of halogens is 1. The minimum Gasteiger partial charge on any atom is -0.349 e. The second-order valence-corrected chi connectivity index (χ2v) is 6.18. The second-order valence-electron chi connectivity index (χ2n) is 5.13. The fourth-order valence-corrected chi connectivity index (χ4v) is 2.80. The van der Waals surface area contributed by atoms with Crippen molar-refractivity contribution >= 4 is 17.7 Å². The number of benzene rings is 2. The van der Waals surface area contributed by atoms with E-state index in [1.165, 1.54) is 29.5 Å². The Hall–Kier alpha value is -1.81. The Labute approximate surface area is 135 Å². The smallest absolute Gasteiger partial charge is 0.230 e. The van der Waals surface area contributed by atoms with E-state index in [4.69, 9.17) is 0 Å². The lowest BCUT2D eigenvalue weighted by Crippen LogP contribution is -2.28. The van der Waals surface area contributed by atoms with Crippen LogP contribution in [0.25, 0.3) is 0 Å². The molecule has 0 heterocycles. The van der Waals surface area contributed by atoms with Gasteiger partial charge in [-0.25, -0.2) is 4.39 Å². The number of thioether (sulfide) groups is 1. The number of carbonyl (C=O) groups is 1. The molecule has 0 aliphatic rings. The summed E-state index contributed by atoms with van der Waals surface area (Å²) >= 11 is 1.40. The van der Waals surface area contributed by atoms with Crippen LogP contribution in [0.3, 0.4) is 0 Å². The molecule has 4 heteroatoms. The first-order valence-electron chi connectivity index (χ1n) is 7.35. The van der Waals surface area contributed by atoms with Gasteiger partial charge in [0.25, 0.3) is 0 Å². The largest absolute Gasteiger partial charge is 0.349 e. The zero-order valence-electron chi connectivity index (χ0n) is 12.8. The lowest BCUT2D eigenvalue weighted by Gasteiger charge is -2.14. The van der Waals surface area contributed by atoms with Gasteiger partial charge in [0.05, 0.1) is 11.8 Å². The fourth-order valence-electron chi connectivity index (χ4n) is 2.09. The van der Waals surface area contributed by atoms with Gasteiger partial charge in [0.15, 0.2) is 0 Å². The molecule has 1 atom stereocenters. The van der Waals surface area contributed by atoms with Crippen molar-refractivity contribution in [2.24, 2.45) is 0 Å². The molecule has 2 aromatic rings. The first-order chi connectivity index (χ1) is 10.6. The normalized spacial score (nSPS) is 12.0. The Morgan fingerprint density at radius 2 is 1.77 bits per heavy atom. The highest BCUT2D eigenvalue weighted by Gasteiger charge is 2.10. The Kier molecular flexibility index (Phi) is 6.01. The highest BCUT2D eigenvalue weighted by molar-refractivity contribution is 8.00. The maximum atomic E-state index is 12.8. The first-order valence-corrected chi connectivity index (χ1v) is 8.33. The Bertz CT molecular complexity index is 610. The van der Waals surface area contributed by atoms with Crippen molar-refractivity contribution in [3.8, 4) is 0 Å². The molecule has 0 fully saturated rings. The van der Waals surface area contributed by atoms with Gasteiger partial charge in [0.2, 0.25) is 5.91 Å². The number of rotatable bonds is 6. The van der Waals surface area contributed by atoms with Gasteiger partial charge >= 0.3 is 0 Å². The number of hydrogen-bond acceptors (Lipinski definition) is 2. The average Bonchev–Trinajstić information content (AvgIpc) is 2.54. The Balaban J connectivity index is 1.83. The van der Waals surface area contributed by atoms with Crippen molar-refractivity contribution in [3.63, 3.8) is 0 Å². The average molecular weight is 317 g/mol. The summed E-state index contributed by atoms with van der Waals surface area (Å²) in [4.78, 5) is 12.9. The summed E-state index contributed by atoms with van der Waals surface area (Å²) in [6.45, 7) is 4.09. The fraction of sp³-hybridized carbons (Fsp3) is 0.278. The summed E-state index contributed by atoms with van der Waals surface area (Å²) in [5, 5.41) is 2.98. The monoisotopic (exact) mass is 317 g/mol. The molecule has 0 aliphatic carbocycles. The van der Waals surface area contributed by atoms with E-state index >= 15 is 0 Å². The van der Waals surface area contributed by atoms with Gasteiger partial charge in [-0.3, -0.25) is 4.79 Å². The Morgan fingerprint density at radius 3 is 2.36 bits per heavy atom. The molecule has 2 aromatic carbocycles. The third kappa shape index (κ3) is 4.88. The minimum absolute atomic E-state index is 0.0211. The molecule has 0 saturated carbocycles. The topological polar surface area (TPSA) is 29.1 Å². The van der Waals surface area contributed by atoms with Gasteiger partial charge in [-0.15, -0.1) is 11.8 Å². The van der Waals surface area contributed by atoms with Crippen LogP contribution in [-0.4, -0.2) is 11.7 Å². The van der Waals surface area contributed by atoms with Gasteiger partial charge in [0.1, 0.15) is 5.82 Å². The quantitative estimate of drug-likeness (QED) is 0.802. The molecule has 22 heavy (non-hydrogen) atoms. The molecule has 1 N–H and O–H groups in total. The van der Waals surface area contributed by atoms with E-state index in [9.17, 15) is 9.18 Å². The number of carbonyl (C=O) groups excluding carboxylic acids is 1. The standard InChI is InChI=1S/C18H20FNOS/c1-3-14-4-6-15(7-5-14)13(2)20-18(21)12-22-17-10-8-16(19)9-11-17/h4-11,13H,3,12H2,1-2H3,(H,20,21). The van der Waals surface area contributed by atoms with Crippen LogP contribution in [0.5, 0.6) is 0 Å². The zero-order chi connectivity index (χ0) is 15.9. The molecular weight excluding hydrogens is 297 g/mol. The van der Waals surface area contributed by atoms with Crippen LogP contribution in [0, 0.1) is 5.82 Å². The predicted molar refractivity (Wildman–Crippen MR) is 89.5 cm³/mol. The van der Waals surface area contributed by atoms with Crippen molar-refractivity contribution in [1.29, 1.82) is 0 Å². The van der Waals surface area contributed by atoms with Crippen molar-refractivity contribution in [3.05, 3.63) is 65.5 Å². The zero-order valence-corrected chi connectivity index (χ0v) is 13.6. The highest BCUT2D eigenvalue weighted by Crippen LogP contribution is 2.19. The molecule has 116 valence electrons. The van der Waals surface area contributed by atoms with Crippen LogP contribution in [0.2, 0.25) is 0 Å². The lowest BCUT2D eigenvalue weighted by molar-refractivity contribution is -0.119. The maximum Gasteiger partial charge on any atom is 0.230 e. The molecular formula is C18H20FNOS. The third-order valence-electron chi connectivity index (χ3n) is 3.45. The van der Waals surface area contributed by atoms with Crippen LogP contribution in [0.4, 0.5) is 4.39 Å². The third-order valence-corrected chi connectivity index (χ3v) is 4.46. The minimum atomic E-state index is -0.266. The summed E-state index contributed by atoms with van der Waals surface area (Å²) in [6.07, 6.45) is 1.01. The second kappa shape index (κ2) is 7.99. The molecule has 2 rings (SSSR count). The number of aryl methyl sites for hydroxylation is 1. The highest BCUT2D eigenvalue weighted by atomic mass is 32.2. The molecule has 0 radical (unpaired) electrons. The summed E-state index contributed by atoms with van der Waals surface area (Å²) in [6, 6.07) is 14.4. The van der Waals surface area contributed by atoms with Crippen LogP contribution in [0.1, 0.15) is 31.0 Å². The summed E-state index contributed by atoms with van der Waals surface area (Å²) in [7, 11) is 0. The van der Waals surface area contributed by atoms with Gasteiger partial charge in [-0.05, 0) is 48.7 Å². The Morgan fingerprint density at radius 1 is 1.14 bits per heavy atom. The SMILES string of the molecule is CCc1ccc(C(C)NC(=O)CSc2ccc(F)cc2)cc1. The van der Waals surface area contributed by atoms with Crippen molar-refractivity contribution in [2.45, 2.75) is 31.2 Å². The molecule has 2 nitrogen and oxygen atoms in total. The number of amides is 1. The van der Waals surface area contributed by atoms with Gasteiger partial charge < -0.3 is 5.32 Å². The van der Waals surface area contributed by atoms with Gasteiger partial charge in [-0.1, -0.05) is 31.2 Å². The van der Waals surface area contributed by atoms with Crippen LogP contribution < -0.4 is 5.32 Å². The molecule has 0 bridgehead atoms. The van der Waals surface area contributed by atoms with Crippen molar-refractivity contribution in [2.75, 3.05) is 5.75 Å².